The first-order chi connectivity index (χ1) is 31.7. The number of aliphatic carboxylic acids is 1. The molecule has 0 spiro atoms. The normalized spacial score (nSPS) is 12.8. The zero-order valence-corrected chi connectivity index (χ0v) is 37.1. The number of hydrogen-bond donors (Lipinski definition) is 3. The number of carbonyl (C=O) groups is 3. The van der Waals surface area contributed by atoms with Gasteiger partial charge in [-0.15, -0.1) is 0 Å². The Kier molecular flexibility index (Phi) is 13.4. The molecule has 0 fully saturated rings. The minimum atomic E-state index is -0.975. The summed E-state index contributed by atoms with van der Waals surface area (Å²) in [6.45, 7) is 7.53. The molecule has 11 heteroatoms. The lowest BCUT2D eigenvalue weighted by atomic mass is 9.94. The number of carbonyl (C=O) groups excluding carboxylic acids is 2. The van der Waals surface area contributed by atoms with Crippen LogP contribution >= 0.6 is 0 Å². The van der Waals surface area contributed by atoms with Crippen molar-refractivity contribution in [3.63, 3.8) is 0 Å². The van der Waals surface area contributed by atoms with E-state index in [1.165, 1.54) is 0 Å². The first kappa shape index (κ1) is 44.3. The average Bonchev–Trinajstić information content (AvgIpc) is 3.83. The predicted molar refractivity (Wildman–Crippen MR) is 258 cm³/mol. The molecule has 3 N–H and O–H groups in total. The molecule has 0 saturated carbocycles. The van der Waals surface area contributed by atoms with Crippen molar-refractivity contribution < 1.29 is 34.6 Å². The second-order valence-corrected chi connectivity index (χ2v) is 16.8. The zero-order valence-electron chi connectivity index (χ0n) is 37.1. The maximum atomic E-state index is 14.9. The molecule has 0 amide bonds. The van der Waals surface area contributed by atoms with Gasteiger partial charge in [0, 0.05) is 79.8 Å². The number of hydrogen-bond acceptors (Lipinski definition) is 8. The van der Waals surface area contributed by atoms with Crippen molar-refractivity contribution in [2.75, 3.05) is 6.61 Å². The number of fused-ring (bicyclic) bond motifs is 8. The van der Waals surface area contributed by atoms with E-state index in [4.69, 9.17) is 4.74 Å². The standard InChI is InChI=1S/C54H54N4O7/c1-4-7-12-34(6-3)33-57-48-25-19-36(46(55-63)23-27-51(59)60)31-43(48)44-32-45(39-13-8-9-15-41(39)53(44)57)54(62)35-17-21-38(22-18-35)58-49-16-11-10-14-40(49)42-30-37(20-26-50(42)58)47(56-64)24-28-52(61)65-29-5-2/h8-11,13-22,25-26,30-32,34,63-64H,4-7,12,23-24,27-29,33H2,1-3H3,(H,59,60). The van der Waals surface area contributed by atoms with Crippen LogP contribution in [0.1, 0.15) is 106 Å². The number of aromatic nitrogens is 2. The van der Waals surface area contributed by atoms with Crippen LogP contribution in [-0.2, 0) is 20.9 Å². The molecule has 0 aliphatic carbocycles. The Hall–Kier alpha value is -7.27. The van der Waals surface area contributed by atoms with E-state index < -0.39 is 5.97 Å². The third-order valence-corrected chi connectivity index (χ3v) is 12.7. The Morgan fingerprint density at radius 3 is 1.86 bits per heavy atom. The zero-order chi connectivity index (χ0) is 45.6. The van der Waals surface area contributed by atoms with Crippen LogP contribution in [0.15, 0.2) is 126 Å². The molecule has 1 unspecified atom stereocenters. The summed E-state index contributed by atoms with van der Waals surface area (Å²) < 4.78 is 9.76. The van der Waals surface area contributed by atoms with E-state index >= 15 is 0 Å². The highest BCUT2D eigenvalue weighted by Crippen LogP contribution is 2.39. The lowest BCUT2D eigenvalue weighted by Gasteiger charge is -2.18. The van der Waals surface area contributed by atoms with E-state index in [0.717, 1.165) is 98.7 Å². The van der Waals surface area contributed by atoms with Crippen molar-refractivity contribution in [1.29, 1.82) is 0 Å². The van der Waals surface area contributed by atoms with Gasteiger partial charge in [0.2, 0.25) is 0 Å². The summed E-state index contributed by atoms with van der Waals surface area (Å²) in [5, 5.41) is 42.0. The maximum absolute atomic E-state index is 14.9. The van der Waals surface area contributed by atoms with Crippen LogP contribution in [0.2, 0.25) is 0 Å². The van der Waals surface area contributed by atoms with Crippen molar-refractivity contribution in [1.82, 2.24) is 9.13 Å². The summed E-state index contributed by atoms with van der Waals surface area (Å²) in [7, 11) is 0. The Morgan fingerprint density at radius 1 is 0.615 bits per heavy atom. The minimum Gasteiger partial charge on any atom is -0.481 e. The molecular formula is C54H54N4O7. The predicted octanol–water partition coefficient (Wildman–Crippen LogP) is 12.4. The van der Waals surface area contributed by atoms with Crippen LogP contribution in [0.25, 0.3) is 60.1 Å². The van der Waals surface area contributed by atoms with Crippen LogP contribution < -0.4 is 0 Å². The largest absolute Gasteiger partial charge is 0.481 e. The third-order valence-electron chi connectivity index (χ3n) is 12.7. The Balaban J connectivity index is 1.20. The second-order valence-electron chi connectivity index (χ2n) is 16.8. The summed E-state index contributed by atoms with van der Waals surface area (Å²) >= 11 is 0. The highest BCUT2D eigenvalue weighted by atomic mass is 16.5. The molecule has 8 rings (SSSR count). The van der Waals surface area contributed by atoms with E-state index in [0.29, 0.717) is 40.5 Å². The third kappa shape index (κ3) is 8.83. The van der Waals surface area contributed by atoms with Gasteiger partial charge in [0.15, 0.2) is 5.78 Å². The Morgan fingerprint density at radius 2 is 1.22 bits per heavy atom. The van der Waals surface area contributed by atoms with Crippen LogP contribution in [-0.4, -0.2) is 60.4 Å². The number of unbranched alkanes of at least 4 members (excludes halogenated alkanes) is 1. The lowest BCUT2D eigenvalue weighted by Crippen LogP contribution is -2.11. The molecule has 332 valence electrons. The van der Waals surface area contributed by atoms with Crippen molar-refractivity contribution in [3.05, 3.63) is 138 Å². The number of esters is 1. The quantitative estimate of drug-likeness (QED) is 0.0240. The van der Waals surface area contributed by atoms with Gasteiger partial charge in [-0.25, -0.2) is 0 Å². The molecule has 0 bridgehead atoms. The molecule has 0 aliphatic rings. The van der Waals surface area contributed by atoms with E-state index in [2.05, 4.69) is 51.5 Å². The summed E-state index contributed by atoms with van der Waals surface area (Å²) in [6, 6.07) is 37.5. The van der Waals surface area contributed by atoms with Gasteiger partial charge >= 0.3 is 11.9 Å². The number of rotatable bonds is 19. The first-order valence-corrected chi connectivity index (χ1v) is 22.7. The Labute approximate surface area is 377 Å². The van der Waals surface area contributed by atoms with E-state index in [1.807, 2.05) is 104 Å². The van der Waals surface area contributed by atoms with Gasteiger partial charge in [0.1, 0.15) is 0 Å². The molecule has 65 heavy (non-hydrogen) atoms. The number of ether oxygens (including phenoxy) is 1. The molecule has 0 saturated heterocycles. The SMILES string of the molecule is CCCCC(CC)Cn1c2ccc(C(CCC(=O)O)=NO)cc2c2cc(C(=O)c3ccc(-n4c5ccccc5c5cc(C(CCC(=O)OCCC)=NO)ccc54)cc3)c3ccccc3c21. The topological polar surface area (TPSA) is 156 Å². The van der Waals surface area contributed by atoms with Crippen molar-refractivity contribution in [2.24, 2.45) is 16.2 Å². The fraction of sp³-hybridized carbons (Fsp3) is 0.278. The number of para-hydroxylation sites is 1. The van der Waals surface area contributed by atoms with E-state index in [-0.39, 0.29) is 43.1 Å². The molecular weight excluding hydrogens is 817 g/mol. The molecule has 0 aliphatic heterocycles. The molecule has 2 aromatic heterocycles. The van der Waals surface area contributed by atoms with Gasteiger partial charge in [0.05, 0.1) is 47.4 Å². The van der Waals surface area contributed by atoms with Crippen LogP contribution in [0.3, 0.4) is 0 Å². The molecule has 2 heterocycles. The fourth-order valence-electron chi connectivity index (χ4n) is 9.28. The van der Waals surface area contributed by atoms with Crippen LogP contribution in [0.4, 0.5) is 0 Å². The van der Waals surface area contributed by atoms with Gasteiger partial charge in [-0.1, -0.05) is 105 Å². The minimum absolute atomic E-state index is 0.0707. The average molecular weight is 871 g/mol. The summed E-state index contributed by atoms with van der Waals surface area (Å²) in [5.41, 5.74) is 7.90. The maximum Gasteiger partial charge on any atom is 0.306 e. The Bertz CT molecular complexity index is 3140. The molecule has 11 nitrogen and oxygen atoms in total. The van der Waals surface area contributed by atoms with Gasteiger partial charge in [-0.05, 0) is 84.8 Å². The number of ketones is 1. The number of nitrogens with zero attached hydrogens (tertiary/aromatic N) is 4. The van der Waals surface area contributed by atoms with Gasteiger partial charge in [-0.3, -0.25) is 14.4 Å². The summed E-state index contributed by atoms with van der Waals surface area (Å²) in [5.74, 6) is -0.994. The first-order valence-electron chi connectivity index (χ1n) is 22.7. The highest BCUT2D eigenvalue weighted by molar-refractivity contribution is 6.26. The number of oxime groups is 2. The number of benzene rings is 6. The number of carboxylic acid groups (broad SMARTS) is 1. The van der Waals surface area contributed by atoms with Crippen molar-refractivity contribution in [2.45, 2.75) is 85.1 Å². The molecule has 1 atom stereocenters. The summed E-state index contributed by atoms with van der Waals surface area (Å²) in [6.07, 6.45) is 5.34. The van der Waals surface area contributed by atoms with Gasteiger partial charge in [0.25, 0.3) is 0 Å². The number of carboxylic acids is 1. The second kappa shape index (κ2) is 19.6. The molecule has 6 aromatic carbocycles. The highest BCUT2D eigenvalue weighted by Gasteiger charge is 2.23. The van der Waals surface area contributed by atoms with Crippen molar-refractivity contribution in [3.8, 4) is 5.69 Å². The molecule has 0 radical (unpaired) electrons. The molecule has 8 aromatic rings. The monoisotopic (exact) mass is 870 g/mol. The lowest BCUT2D eigenvalue weighted by molar-refractivity contribution is -0.143. The smallest absolute Gasteiger partial charge is 0.306 e. The van der Waals surface area contributed by atoms with E-state index in [1.54, 1.807) is 0 Å². The van der Waals surface area contributed by atoms with Gasteiger partial charge < -0.3 is 29.4 Å². The van der Waals surface area contributed by atoms with Crippen LogP contribution in [0.5, 0.6) is 0 Å². The van der Waals surface area contributed by atoms with Crippen LogP contribution in [0, 0.1) is 5.92 Å². The van der Waals surface area contributed by atoms with Crippen molar-refractivity contribution >= 4 is 83.5 Å². The summed E-state index contributed by atoms with van der Waals surface area (Å²) in [4.78, 5) is 38.6. The fourth-order valence-corrected chi connectivity index (χ4v) is 9.28. The van der Waals surface area contributed by atoms with E-state index in [9.17, 15) is 29.9 Å². The van der Waals surface area contributed by atoms with Gasteiger partial charge in [-0.2, -0.15) is 0 Å².